The van der Waals surface area contributed by atoms with Gasteiger partial charge in [-0.3, -0.25) is 18.6 Å². The number of carbonyl (C=O) groups is 4. The summed E-state index contributed by atoms with van der Waals surface area (Å²) < 4.78 is 49.2. The van der Waals surface area contributed by atoms with E-state index in [9.17, 15) is 27.6 Å². The topological polar surface area (TPSA) is 192 Å². The molecule has 51 heavy (non-hydrogen) atoms. The van der Waals surface area contributed by atoms with Crippen LogP contribution in [0.15, 0.2) is 30.5 Å². The number of nitrogens with zero attached hydrogens (tertiary/aromatic N) is 2. The quantitative estimate of drug-likeness (QED) is 0.290. The molecule has 2 aromatic rings. The van der Waals surface area contributed by atoms with Gasteiger partial charge in [-0.05, 0) is 81.0 Å². The highest BCUT2D eigenvalue weighted by Crippen LogP contribution is 2.46. The van der Waals surface area contributed by atoms with Crippen LogP contribution in [0.25, 0.3) is 10.8 Å². The number of hydrogen-bond donors (Lipinski definition) is 3. The lowest BCUT2D eigenvalue weighted by atomic mass is 9.85. The van der Waals surface area contributed by atoms with Crippen molar-refractivity contribution in [3.05, 3.63) is 30.5 Å². The molecule has 0 spiro atoms. The fourth-order valence-electron chi connectivity index (χ4n) is 6.31. The first-order valence-electron chi connectivity index (χ1n) is 17.2. The van der Waals surface area contributed by atoms with E-state index in [-0.39, 0.29) is 31.2 Å². The monoisotopic (exact) mass is 731 g/mol. The first-order valence-corrected chi connectivity index (χ1v) is 18.6. The van der Waals surface area contributed by atoms with E-state index < -0.39 is 75.0 Å². The Balaban J connectivity index is 1.43. The molecule has 1 aliphatic heterocycles. The van der Waals surface area contributed by atoms with Crippen LogP contribution in [0.1, 0.15) is 80.6 Å². The summed E-state index contributed by atoms with van der Waals surface area (Å²) in [6.45, 7) is 12.2. The van der Waals surface area contributed by atoms with E-state index in [1.54, 1.807) is 67.0 Å². The number of aromatic nitrogens is 1. The maximum atomic E-state index is 14.4. The molecule has 280 valence electrons. The van der Waals surface area contributed by atoms with E-state index >= 15 is 0 Å². The molecule has 1 aromatic heterocycles. The largest absolute Gasteiger partial charge is 0.497 e. The summed E-state index contributed by atoms with van der Waals surface area (Å²) >= 11 is 0. The zero-order chi connectivity index (χ0) is 37.5. The number of hydrogen-bond acceptors (Lipinski definition) is 11. The third-order valence-corrected chi connectivity index (χ3v) is 10.2. The zero-order valence-corrected chi connectivity index (χ0v) is 31.2. The third kappa shape index (κ3) is 9.01. The van der Waals surface area contributed by atoms with E-state index in [0.29, 0.717) is 30.4 Å². The van der Waals surface area contributed by atoms with E-state index in [2.05, 4.69) is 15.6 Å². The number of benzene rings is 1. The van der Waals surface area contributed by atoms with Crippen LogP contribution in [0.4, 0.5) is 4.79 Å². The average Bonchev–Trinajstić information content (AvgIpc) is 3.94. The highest BCUT2D eigenvalue weighted by Gasteiger charge is 2.62. The smallest absolute Gasteiger partial charge is 0.408 e. The Morgan fingerprint density at radius 2 is 1.76 bits per heavy atom. The number of methoxy groups -OCH3 is 1. The number of rotatable bonds is 12. The van der Waals surface area contributed by atoms with Gasteiger partial charge in [0.15, 0.2) is 0 Å². The standard InChI is InChI=1S/C35H49N5O10S/c1-9-21-18-35(21,31(43)39-51(45,46)50-22-10-11-22)38-28(41)26-17-24(48-29-25-13-12-23(47-8)16-20(25)14-15-36-29)19-40(26)30(42)27(33(2,3)4)37-32(44)49-34(5,6)7/h12-16,21-22,24,26-27H,9-11,17-19H2,1-8H3,(H,37,44)(H,38,41)(H,39,43)/t21-,24-,26?,27-,35-/m1/s1. The Morgan fingerprint density at radius 1 is 1.06 bits per heavy atom. The second-order valence-corrected chi connectivity index (χ2v) is 16.9. The van der Waals surface area contributed by atoms with Gasteiger partial charge in [0, 0.05) is 18.0 Å². The van der Waals surface area contributed by atoms with Crippen molar-refractivity contribution in [3.63, 3.8) is 0 Å². The molecule has 1 aromatic carbocycles. The molecular weight excluding hydrogens is 682 g/mol. The van der Waals surface area contributed by atoms with E-state index in [1.807, 2.05) is 23.8 Å². The molecule has 5 rings (SSSR count). The predicted octanol–water partition coefficient (Wildman–Crippen LogP) is 3.36. The van der Waals surface area contributed by atoms with Crippen LogP contribution >= 0.6 is 0 Å². The van der Waals surface area contributed by atoms with E-state index in [0.717, 1.165) is 5.39 Å². The van der Waals surface area contributed by atoms with Crippen molar-refractivity contribution < 1.29 is 46.0 Å². The first-order chi connectivity index (χ1) is 23.7. The summed E-state index contributed by atoms with van der Waals surface area (Å²) in [5, 5.41) is 7.00. The molecule has 4 amide bonds. The summed E-state index contributed by atoms with van der Waals surface area (Å²) in [5.74, 6) is -1.53. The van der Waals surface area contributed by atoms with Gasteiger partial charge in [0.2, 0.25) is 17.7 Å². The van der Waals surface area contributed by atoms with Gasteiger partial charge in [0.25, 0.3) is 5.91 Å². The number of likely N-dealkylation sites (tertiary alicyclic amines) is 1. The lowest BCUT2D eigenvalue weighted by Crippen LogP contribution is -2.60. The van der Waals surface area contributed by atoms with Gasteiger partial charge in [0.05, 0.1) is 19.8 Å². The molecule has 3 aliphatic rings. The molecular formula is C35H49N5O10S. The fraction of sp³-hybridized carbons (Fsp3) is 0.629. The maximum absolute atomic E-state index is 14.4. The second kappa shape index (κ2) is 14.1. The number of pyridine rings is 1. The number of ether oxygens (including phenoxy) is 3. The number of fused-ring (bicyclic) bond motifs is 1. The lowest BCUT2D eigenvalue weighted by molar-refractivity contribution is -0.143. The van der Waals surface area contributed by atoms with Crippen molar-refractivity contribution in [2.45, 2.75) is 116 Å². The number of amides is 4. The molecule has 16 heteroatoms. The molecule has 0 bridgehead atoms. The molecule has 0 radical (unpaired) electrons. The van der Waals surface area contributed by atoms with Crippen LogP contribution in [0.3, 0.4) is 0 Å². The van der Waals surface area contributed by atoms with Crippen molar-refractivity contribution >= 4 is 44.9 Å². The van der Waals surface area contributed by atoms with Gasteiger partial charge < -0.3 is 29.7 Å². The van der Waals surface area contributed by atoms with Crippen LogP contribution in [0, 0.1) is 11.3 Å². The van der Waals surface area contributed by atoms with Gasteiger partial charge >= 0.3 is 16.4 Å². The molecule has 5 atom stereocenters. The normalized spacial score (nSPS) is 24.0. The summed E-state index contributed by atoms with van der Waals surface area (Å²) in [7, 11) is -2.83. The highest BCUT2D eigenvalue weighted by atomic mass is 32.2. The van der Waals surface area contributed by atoms with E-state index in [1.165, 1.54) is 4.90 Å². The fourth-order valence-corrected chi connectivity index (χ4v) is 7.32. The van der Waals surface area contributed by atoms with Crippen LogP contribution in [0.5, 0.6) is 11.6 Å². The van der Waals surface area contributed by atoms with Crippen LogP contribution < -0.4 is 24.8 Å². The van der Waals surface area contributed by atoms with E-state index in [4.69, 9.17) is 18.4 Å². The maximum Gasteiger partial charge on any atom is 0.408 e. The van der Waals surface area contributed by atoms with Crippen molar-refractivity contribution in [3.8, 4) is 11.6 Å². The minimum absolute atomic E-state index is 0.0205. The van der Waals surface area contributed by atoms with Crippen LogP contribution in [0.2, 0.25) is 0 Å². The Hall–Kier alpha value is -4.18. The highest BCUT2D eigenvalue weighted by molar-refractivity contribution is 7.85. The second-order valence-electron chi connectivity index (χ2n) is 15.6. The number of carbonyl (C=O) groups excluding carboxylic acids is 4. The molecule has 1 saturated heterocycles. The number of alkyl carbamates (subject to hydrolysis) is 1. The molecule has 3 N–H and O–H groups in total. The zero-order valence-electron chi connectivity index (χ0n) is 30.4. The Kier molecular flexibility index (Phi) is 10.5. The molecule has 2 saturated carbocycles. The van der Waals surface area contributed by atoms with Crippen molar-refractivity contribution in [2.24, 2.45) is 11.3 Å². The van der Waals surface area contributed by atoms with Gasteiger partial charge in [-0.25, -0.2) is 14.5 Å². The van der Waals surface area contributed by atoms with Crippen molar-refractivity contribution in [1.82, 2.24) is 25.2 Å². The third-order valence-electron chi connectivity index (χ3n) is 9.19. The van der Waals surface area contributed by atoms with Gasteiger partial charge in [0.1, 0.15) is 35.1 Å². The predicted molar refractivity (Wildman–Crippen MR) is 186 cm³/mol. The van der Waals surface area contributed by atoms with Crippen LogP contribution in [-0.4, -0.2) is 91.2 Å². The Morgan fingerprint density at radius 3 is 2.35 bits per heavy atom. The Labute approximate surface area is 298 Å². The minimum Gasteiger partial charge on any atom is -0.497 e. The van der Waals surface area contributed by atoms with Gasteiger partial charge in [-0.2, -0.15) is 8.42 Å². The summed E-state index contributed by atoms with van der Waals surface area (Å²) in [6, 6.07) is 4.96. The van der Waals surface area contributed by atoms with Crippen LogP contribution in [-0.2, 0) is 33.6 Å². The Bertz CT molecular complexity index is 1780. The van der Waals surface area contributed by atoms with Gasteiger partial charge in [-0.1, -0.05) is 34.1 Å². The minimum atomic E-state index is -4.39. The average molecular weight is 732 g/mol. The molecule has 2 heterocycles. The number of nitrogens with one attached hydrogen (secondary N) is 3. The first kappa shape index (κ1) is 38.1. The SMILES string of the molecule is CC[C@@H]1C[C@]1(NC(=O)C1C[C@@H](Oc2nccc3cc(OC)ccc23)CN1C(=O)[C@@H](NC(=O)OC(C)(C)C)C(C)(C)C)C(=O)NS(=O)(=O)OC1CC1. The molecule has 15 nitrogen and oxygen atoms in total. The molecule has 1 unspecified atom stereocenters. The lowest BCUT2D eigenvalue weighted by Gasteiger charge is -2.36. The molecule has 2 aliphatic carbocycles. The molecule has 3 fully saturated rings. The summed E-state index contributed by atoms with van der Waals surface area (Å²) in [4.78, 5) is 60.8. The summed E-state index contributed by atoms with van der Waals surface area (Å²) in [5.41, 5.74) is -3.16. The van der Waals surface area contributed by atoms with Gasteiger partial charge in [-0.15, -0.1) is 0 Å². The van der Waals surface area contributed by atoms with Crippen molar-refractivity contribution in [1.29, 1.82) is 0 Å². The van der Waals surface area contributed by atoms with Crippen molar-refractivity contribution in [2.75, 3.05) is 13.7 Å². The summed E-state index contributed by atoms with van der Waals surface area (Å²) in [6.07, 6.45) is 1.45.